The van der Waals surface area contributed by atoms with Gasteiger partial charge in [-0.15, -0.1) is 0 Å². The second-order valence-corrected chi connectivity index (χ2v) is 7.24. The van der Waals surface area contributed by atoms with Crippen LogP contribution in [0.4, 0.5) is 0 Å². The fourth-order valence-corrected chi connectivity index (χ4v) is 2.89. The molecule has 0 unspecified atom stereocenters. The Morgan fingerprint density at radius 3 is 2.40 bits per heavy atom. The van der Waals surface area contributed by atoms with Gasteiger partial charge in [-0.25, -0.2) is 0 Å². The van der Waals surface area contributed by atoms with E-state index in [9.17, 15) is 9.90 Å². The van der Waals surface area contributed by atoms with Gasteiger partial charge in [0.1, 0.15) is 5.76 Å². The molecule has 0 amide bonds. The number of hydrogen-bond donors (Lipinski definition) is 1. The Balaban J connectivity index is 2.51. The lowest BCUT2D eigenvalue weighted by molar-refractivity contribution is -0.121. The molecule has 1 aromatic carbocycles. The van der Waals surface area contributed by atoms with Gasteiger partial charge in [0.05, 0.1) is 5.41 Å². The van der Waals surface area contributed by atoms with Crippen LogP contribution in [0.5, 0.6) is 0 Å². The number of carbonyl (C=O) groups is 1. The van der Waals surface area contributed by atoms with E-state index in [1.807, 2.05) is 31.2 Å². The first-order valence-corrected chi connectivity index (χ1v) is 7.21. The second kappa shape index (κ2) is 4.76. The molecular weight excluding hydrogens is 248 g/mol. The number of aliphatic hydroxyl groups excluding tert-OH is 1. The Morgan fingerprint density at radius 1 is 1.20 bits per heavy atom. The molecule has 0 spiro atoms. The van der Waals surface area contributed by atoms with Crippen molar-refractivity contribution in [2.75, 3.05) is 0 Å². The quantitative estimate of drug-likeness (QED) is 0.851. The molecule has 0 bridgehead atoms. The second-order valence-electron chi connectivity index (χ2n) is 7.24. The zero-order valence-electron chi connectivity index (χ0n) is 13.1. The molecule has 2 heteroatoms. The summed E-state index contributed by atoms with van der Waals surface area (Å²) in [5.74, 6) is 0.191. The Kier molecular flexibility index (Phi) is 3.53. The topological polar surface area (TPSA) is 37.3 Å². The zero-order valence-corrected chi connectivity index (χ0v) is 13.1. The van der Waals surface area contributed by atoms with E-state index in [0.717, 1.165) is 24.0 Å². The summed E-state index contributed by atoms with van der Waals surface area (Å²) in [6.45, 7) is 10.3. The number of benzene rings is 1. The molecule has 108 valence electrons. The third kappa shape index (κ3) is 2.39. The van der Waals surface area contributed by atoms with Gasteiger partial charge < -0.3 is 5.11 Å². The van der Waals surface area contributed by atoms with E-state index in [-0.39, 0.29) is 17.0 Å². The predicted octanol–water partition coefficient (Wildman–Crippen LogP) is 4.64. The van der Waals surface area contributed by atoms with E-state index in [2.05, 4.69) is 20.8 Å². The highest BCUT2D eigenvalue weighted by atomic mass is 16.3. The lowest BCUT2D eigenvalue weighted by Gasteiger charge is -2.36. The molecule has 1 aliphatic carbocycles. The van der Waals surface area contributed by atoms with Crippen LogP contribution >= 0.6 is 0 Å². The van der Waals surface area contributed by atoms with Crippen LogP contribution in [-0.4, -0.2) is 10.9 Å². The van der Waals surface area contributed by atoms with Crippen molar-refractivity contribution in [3.05, 3.63) is 41.0 Å². The SMILES string of the molecule is CC1=C(O)c2ccccc2[C@@](C)(CCC(C)(C)C)C1=O. The van der Waals surface area contributed by atoms with Crippen LogP contribution in [0, 0.1) is 5.41 Å². The average Bonchev–Trinajstić information content (AvgIpc) is 2.40. The molecule has 1 atom stereocenters. The molecular formula is C18H24O2. The number of fused-ring (bicyclic) bond motifs is 1. The summed E-state index contributed by atoms with van der Waals surface area (Å²) in [4.78, 5) is 12.7. The number of rotatable bonds is 2. The molecule has 0 saturated carbocycles. The van der Waals surface area contributed by atoms with E-state index in [1.54, 1.807) is 6.92 Å². The summed E-state index contributed by atoms with van der Waals surface area (Å²) in [5.41, 5.74) is 1.91. The van der Waals surface area contributed by atoms with Gasteiger partial charge in [0.2, 0.25) is 0 Å². The van der Waals surface area contributed by atoms with E-state index < -0.39 is 5.41 Å². The third-order valence-electron chi connectivity index (χ3n) is 4.35. The summed E-state index contributed by atoms with van der Waals surface area (Å²) in [6.07, 6.45) is 1.77. The number of carbonyl (C=O) groups excluding carboxylic acids is 1. The standard InChI is InChI=1S/C18H24O2/c1-12-15(19)13-8-6-7-9-14(13)18(5,16(12)20)11-10-17(2,3)4/h6-9,19H,10-11H2,1-5H3/t18-/m1/s1. The van der Waals surface area contributed by atoms with Crippen LogP contribution in [0.25, 0.3) is 5.76 Å². The number of Topliss-reactive ketones (excluding diaryl/α,β-unsaturated/α-hetero) is 1. The van der Waals surface area contributed by atoms with Crippen molar-refractivity contribution in [3.8, 4) is 0 Å². The molecule has 1 aliphatic rings. The van der Waals surface area contributed by atoms with E-state index >= 15 is 0 Å². The molecule has 0 aliphatic heterocycles. The van der Waals surface area contributed by atoms with Crippen LogP contribution in [0.15, 0.2) is 29.8 Å². The monoisotopic (exact) mass is 272 g/mol. The minimum absolute atomic E-state index is 0.0537. The van der Waals surface area contributed by atoms with Crippen LogP contribution in [0.2, 0.25) is 0 Å². The van der Waals surface area contributed by atoms with Crippen molar-refractivity contribution in [1.82, 2.24) is 0 Å². The van der Waals surface area contributed by atoms with Gasteiger partial charge in [-0.05, 0) is 37.7 Å². The molecule has 0 radical (unpaired) electrons. The number of ketones is 1. The smallest absolute Gasteiger partial charge is 0.172 e. The molecule has 0 fully saturated rings. The Bertz CT molecular complexity index is 575. The van der Waals surface area contributed by atoms with Crippen molar-refractivity contribution < 1.29 is 9.90 Å². The van der Waals surface area contributed by atoms with Crippen LogP contribution in [-0.2, 0) is 10.2 Å². The predicted molar refractivity (Wildman–Crippen MR) is 82.7 cm³/mol. The summed E-state index contributed by atoms with van der Waals surface area (Å²) in [5, 5.41) is 10.2. The van der Waals surface area contributed by atoms with Gasteiger partial charge in [0, 0.05) is 11.1 Å². The summed E-state index contributed by atoms with van der Waals surface area (Å²) >= 11 is 0. The maximum Gasteiger partial charge on any atom is 0.172 e. The lowest BCUT2D eigenvalue weighted by Crippen LogP contribution is -2.38. The number of hydrogen-bond acceptors (Lipinski definition) is 2. The summed E-state index contributed by atoms with van der Waals surface area (Å²) in [6, 6.07) is 7.71. The lowest BCUT2D eigenvalue weighted by atomic mass is 9.66. The van der Waals surface area contributed by atoms with Gasteiger partial charge in [0.25, 0.3) is 0 Å². The van der Waals surface area contributed by atoms with Gasteiger partial charge >= 0.3 is 0 Å². The fourth-order valence-electron chi connectivity index (χ4n) is 2.89. The van der Waals surface area contributed by atoms with Gasteiger partial charge in [-0.2, -0.15) is 0 Å². The van der Waals surface area contributed by atoms with Crippen molar-refractivity contribution in [3.63, 3.8) is 0 Å². The minimum atomic E-state index is -0.528. The fraction of sp³-hybridized carbons (Fsp3) is 0.500. The highest BCUT2D eigenvalue weighted by Gasteiger charge is 2.42. The zero-order chi connectivity index (χ0) is 15.1. The van der Waals surface area contributed by atoms with Gasteiger partial charge in [-0.1, -0.05) is 45.0 Å². The number of aliphatic hydroxyl groups is 1. The third-order valence-corrected chi connectivity index (χ3v) is 4.35. The van der Waals surface area contributed by atoms with E-state index in [4.69, 9.17) is 0 Å². The van der Waals surface area contributed by atoms with E-state index in [0.29, 0.717) is 5.57 Å². The molecule has 0 heterocycles. The van der Waals surface area contributed by atoms with Gasteiger partial charge in [0.15, 0.2) is 5.78 Å². The molecule has 2 rings (SSSR count). The normalized spacial score (nSPS) is 22.9. The highest BCUT2D eigenvalue weighted by Crippen LogP contribution is 2.43. The molecule has 1 N–H and O–H groups in total. The highest BCUT2D eigenvalue weighted by molar-refractivity contribution is 6.10. The first-order valence-electron chi connectivity index (χ1n) is 7.21. The Labute approximate surface area is 121 Å². The maximum absolute atomic E-state index is 12.7. The molecule has 0 aromatic heterocycles. The summed E-state index contributed by atoms with van der Waals surface area (Å²) < 4.78 is 0. The van der Waals surface area contributed by atoms with Crippen molar-refractivity contribution in [2.45, 2.75) is 52.9 Å². The largest absolute Gasteiger partial charge is 0.507 e. The minimum Gasteiger partial charge on any atom is -0.507 e. The van der Waals surface area contributed by atoms with Crippen LogP contribution in [0.1, 0.15) is 58.6 Å². The maximum atomic E-state index is 12.7. The number of allylic oxidation sites excluding steroid dienone is 1. The van der Waals surface area contributed by atoms with Crippen LogP contribution in [0.3, 0.4) is 0 Å². The molecule has 1 aromatic rings. The van der Waals surface area contributed by atoms with Crippen molar-refractivity contribution in [1.29, 1.82) is 0 Å². The first kappa shape index (κ1) is 14.8. The van der Waals surface area contributed by atoms with Crippen molar-refractivity contribution in [2.24, 2.45) is 5.41 Å². The first-order chi connectivity index (χ1) is 9.17. The Morgan fingerprint density at radius 2 is 1.80 bits per heavy atom. The molecule has 20 heavy (non-hydrogen) atoms. The molecule has 0 saturated heterocycles. The summed E-state index contributed by atoms with van der Waals surface area (Å²) in [7, 11) is 0. The average molecular weight is 272 g/mol. The van der Waals surface area contributed by atoms with Crippen LogP contribution < -0.4 is 0 Å². The molecule has 2 nitrogen and oxygen atoms in total. The van der Waals surface area contributed by atoms with E-state index in [1.165, 1.54) is 0 Å². The van der Waals surface area contributed by atoms with Gasteiger partial charge in [-0.3, -0.25) is 4.79 Å². The Hall–Kier alpha value is -1.57. The van der Waals surface area contributed by atoms with Crippen molar-refractivity contribution >= 4 is 11.5 Å².